The summed E-state index contributed by atoms with van der Waals surface area (Å²) >= 11 is 0. The number of rotatable bonds is 4. The predicted molar refractivity (Wildman–Crippen MR) is 77.0 cm³/mol. The maximum atomic E-state index is 12.4. The number of aryl methyl sites for hydroxylation is 1. The highest BCUT2D eigenvalue weighted by molar-refractivity contribution is 5.85. The van der Waals surface area contributed by atoms with Crippen LogP contribution in [-0.4, -0.2) is 22.2 Å². The summed E-state index contributed by atoms with van der Waals surface area (Å²) in [5.74, 6) is 0.0962. The van der Waals surface area contributed by atoms with E-state index in [0.717, 1.165) is 31.2 Å². The van der Waals surface area contributed by atoms with Crippen LogP contribution in [-0.2, 0) is 11.8 Å². The summed E-state index contributed by atoms with van der Waals surface area (Å²) in [5.41, 5.74) is 6.50. The molecule has 1 amide bonds. The topological polar surface area (TPSA) is 72.9 Å². The van der Waals surface area contributed by atoms with Crippen LogP contribution in [0.1, 0.15) is 44.2 Å². The monoisotopic (exact) mass is 286 g/mol. The number of halogens is 1. The molecule has 0 bridgehead atoms. The maximum absolute atomic E-state index is 12.4. The van der Waals surface area contributed by atoms with Gasteiger partial charge >= 0.3 is 0 Å². The van der Waals surface area contributed by atoms with Crippen molar-refractivity contribution < 1.29 is 4.79 Å². The van der Waals surface area contributed by atoms with E-state index in [1.54, 1.807) is 10.9 Å². The Labute approximate surface area is 120 Å². The molecule has 1 aliphatic rings. The first kappa shape index (κ1) is 16.0. The van der Waals surface area contributed by atoms with Gasteiger partial charge in [0.25, 0.3) is 0 Å². The Balaban J connectivity index is 0.00000180. The lowest BCUT2D eigenvalue weighted by atomic mass is 9.85. The Bertz CT molecular complexity index is 426. The van der Waals surface area contributed by atoms with E-state index < -0.39 is 0 Å². The molecule has 1 saturated carbocycles. The second-order valence-corrected chi connectivity index (χ2v) is 5.33. The van der Waals surface area contributed by atoms with E-state index in [1.165, 1.54) is 0 Å². The van der Waals surface area contributed by atoms with Gasteiger partial charge in [0.1, 0.15) is 0 Å². The van der Waals surface area contributed by atoms with Crippen molar-refractivity contribution in [2.75, 3.05) is 6.54 Å². The van der Waals surface area contributed by atoms with Gasteiger partial charge < -0.3 is 11.1 Å². The summed E-state index contributed by atoms with van der Waals surface area (Å²) < 4.78 is 1.74. The lowest BCUT2D eigenvalue weighted by Gasteiger charge is -2.27. The largest absolute Gasteiger partial charge is 0.349 e. The molecule has 0 spiro atoms. The van der Waals surface area contributed by atoms with E-state index in [0.29, 0.717) is 6.54 Å². The fourth-order valence-corrected chi connectivity index (χ4v) is 2.67. The molecule has 1 fully saturated rings. The van der Waals surface area contributed by atoms with E-state index in [9.17, 15) is 4.79 Å². The molecule has 0 aromatic carbocycles. The van der Waals surface area contributed by atoms with Crippen molar-refractivity contribution in [2.45, 2.75) is 38.6 Å². The summed E-state index contributed by atoms with van der Waals surface area (Å²) in [6, 6.07) is -0.0183. The number of hydrogen-bond donors (Lipinski definition) is 2. The molecule has 1 aliphatic carbocycles. The quantitative estimate of drug-likeness (QED) is 0.882. The summed E-state index contributed by atoms with van der Waals surface area (Å²) in [5, 5.41) is 7.19. The van der Waals surface area contributed by atoms with Gasteiger partial charge in [-0.3, -0.25) is 9.48 Å². The Kier molecular flexibility index (Phi) is 5.38. The van der Waals surface area contributed by atoms with Crippen molar-refractivity contribution in [1.82, 2.24) is 15.1 Å². The number of nitrogens with one attached hydrogen (secondary N) is 1. The number of carbonyl (C=O) groups excluding carboxylic acids is 1. The normalized spacial score (nSPS) is 18.7. The van der Waals surface area contributed by atoms with Crippen LogP contribution in [0.2, 0.25) is 0 Å². The fraction of sp³-hybridized carbons (Fsp3) is 0.692. The number of nitrogens with zero attached hydrogens (tertiary/aromatic N) is 2. The van der Waals surface area contributed by atoms with Crippen LogP contribution >= 0.6 is 12.4 Å². The minimum atomic E-state index is -0.337. The molecule has 1 unspecified atom stereocenters. The molecule has 0 aliphatic heterocycles. The summed E-state index contributed by atoms with van der Waals surface area (Å²) in [7, 11) is 1.87. The van der Waals surface area contributed by atoms with Crippen LogP contribution in [0.15, 0.2) is 12.4 Å². The van der Waals surface area contributed by atoms with Crippen molar-refractivity contribution in [3.05, 3.63) is 18.0 Å². The van der Waals surface area contributed by atoms with Crippen LogP contribution in [0.25, 0.3) is 0 Å². The van der Waals surface area contributed by atoms with Crippen LogP contribution in [0.4, 0.5) is 0 Å². The Morgan fingerprint density at radius 2 is 2.21 bits per heavy atom. The Hall–Kier alpha value is -1.07. The molecule has 0 saturated heterocycles. The SMILES string of the molecule is CC(NC(=O)C1(CN)CCCC1)c1cnn(C)c1.Cl. The van der Waals surface area contributed by atoms with Crippen molar-refractivity contribution in [3.8, 4) is 0 Å². The zero-order chi connectivity index (χ0) is 13.2. The molecule has 1 aromatic rings. The third-order valence-electron chi connectivity index (χ3n) is 4.01. The number of amides is 1. The lowest BCUT2D eigenvalue weighted by molar-refractivity contribution is -0.131. The molecule has 1 heterocycles. The molecule has 1 aromatic heterocycles. The average Bonchev–Trinajstić information content (AvgIpc) is 2.97. The summed E-state index contributed by atoms with van der Waals surface area (Å²) in [6.45, 7) is 2.42. The first-order chi connectivity index (χ1) is 8.57. The van der Waals surface area contributed by atoms with Crippen molar-refractivity contribution in [3.63, 3.8) is 0 Å². The summed E-state index contributed by atoms with van der Waals surface area (Å²) in [6.07, 6.45) is 7.74. The highest BCUT2D eigenvalue weighted by atomic mass is 35.5. The van der Waals surface area contributed by atoms with E-state index in [4.69, 9.17) is 5.73 Å². The second kappa shape index (κ2) is 6.39. The van der Waals surface area contributed by atoms with Crippen LogP contribution in [0.3, 0.4) is 0 Å². The average molecular weight is 287 g/mol. The molecule has 2 rings (SSSR count). The second-order valence-electron chi connectivity index (χ2n) is 5.33. The first-order valence-corrected chi connectivity index (χ1v) is 6.57. The predicted octanol–water partition coefficient (Wildman–Crippen LogP) is 1.54. The number of aromatic nitrogens is 2. The van der Waals surface area contributed by atoms with Gasteiger partial charge in [0.2, 0.25) is 5.91 Å². The lowest BCUT2D eigenvalue weighted by Crippen LogP contribution is -2.44. The third-order valence-corrected chi connectivity index (χ3v) is 4.01. The van der Waals surface area contributed by atoms with Crippen molar-refractivity contribution >= 4 is 18.3 Å². The number of carbonyl (C=O) groups is 1. The molecule has 6 heteroatoms. The van der Waals surface area contributed by atoms with Gasteiger partial charge in [-0.25, -0.2) is 0 Å². The van der Waals surface area contributed by atoms with Gasteiger partial charge in [0, 0.05) is 25.4 Å². The van der Waals surface area contributed by atoms with Gasteiger partial charge in [-0.2, -0.15) is 5.10 Å². The smallest absolute Gasteiger partial charge is 0.227 e. The zero-order valence-electron chi connectivity index (χ0n) is 11.6. The molecule has 0 radical (unpaired) electrons. The van der Waals surface area contributed by atoms with E-state index in [2.05, 4.69) is 10.4 Å². The molecule has 1 atom stereocenters. The number of hydrogen-bond acceptors (Lipinski definition) is 3. The van der Waals surface area contributed by atoms with Crippen LogP contribution < -0.4 is 11.1 Å². The van der Waals surface area contributed by atoms with Crippen LogP contribution in [0.5, 0.6) is 0 Å². The molecular weight excluding hydrogens is 264 g/mol. The maximum Gasteiger partial charge on any atom is 0.227 e. The number of nitrogens with two attached hydrogens (primary N) is 1. The molecule has 108 valence electrons. The standard InChI is InChI=1S/C13H22N4O.ClH/c1-10(11-7-15-17(2)8-11)16-12(18)13(9-14)5-3-4-6-13;/h7-8,10H,3-6,9,14H2,1-2H3,(H,16,18);1H. The van der Waals surface area contributed by atoms with E-state index in [1.807, 2.05) is 20.2 Å². The fourth-order valence-electron chi connectivity index (χ4n) is 2.67. The third kappa shape index (κ3) is 3.28. The van der Waals surface area contributed by atoms with Gasteiger partial charge in [-0.15, -0.1) is 12.4 Å². The minimum Gasteiger partial charge on any atom is -0.349 e. The molecule has 5 nitrogen and oxygen atoms in total. The van der Waals surface area contributed by atoms with Crippen molar-refractivity contribution in [2.24, 2.45) is 18.2 Å². The van der Waals surface area contributed by atoms with E-state index >= 15 is 0 Å². The highest BCUT2D eigenvalue weighted by Gasteiger charge is 2.40. The van der Waals surface area contributed by atoms with E-state index in [-0.39, 0.29) is 29.8 Å². The van der Waals surface area contributed by atoms with Gasteiger partial charge in [-0.05, 0) is 19.8 Å². The molecule has 19 heavy (non-hydrogen) atoms. The van der Waals surface area contributed by atoms with Gasteiger partial charge in [-0.1, -0.05) is 12.8 Å². The first-order valence-electron chi connectivity index (χ1n) is 6.57. The van der Waals surface area contributed by atoms with Crippen LogP contribution in [0, 0.1) is 5.41 Å². The Morgan fingerprint density at radius 3 is 2.68 bits per heavy atom. The molecule has 3 N–H and O–H groups in total. The van der Waals surface area contributed by atoms with Gasteiger partial charge in [0.05, 0.1) is 17.7 Å². The zero-order valence-corrected chi connectivity index (χ0v) is 12.4. The minimum absolute atomic E-state index is 0. The Morgan fingerprint density at radius 1 is 1.58 bits per heavy atom. The molecular formula is C13H23ClN4O. The van der Waals surface area contributed by atoms with Gasteiger partial charge in [0.15, 0.2) is 0 Å². The summed E-state index contributed by atoms with van der Waals surface area (Å²) in [4.78, 5) is 12.4. The van der Waals surface area contributed by atoms with Crippen molar-refractivity contribution in [1.29, 1.82) is 0 Å². The highest BCUT2D eigenvalue weighted by Crippen LogP contribution is 2.37.